The van der Waals surface area contributed by atoms with E-state index >= 15 is 0 Å². The number of nitrogens with zero attached hydrogens (tertiary/aromatic N) is 1. The van der Waals surface area contributed by atoms with Crippen LogP contribution in [0, 0.1) is 0 Å². The van der Waals surface area contributed by atoms with Gasteiger partial charge in [-0.15, -0.1) is 0 Å². The zero-order chi connectivity index (χ0) is 14.0. The van der Waals surface area contributed by atoms with Gasteiger partial charge in [-0.3, -0.25) is 4.79 Å². The smallest absolute Gasteiger partial charge is 0.387 e. The van der Waals surface area contributed by atoms with Gasteiger partial charge in [0.1, 0.15) is 5.75 Å². The number of amides is 1. The van der Waals surface area contributed by atoms with Gasteiger partial charge in [-0.1, -0.05) is 6.92 Å². The van der Waals surface area contributed by atoms with E-state index in [1.165, 1.54) is 12.1 Å². The van der Waals surface area contributed by atoms with E-state index in [9.17, 15) is 13.6 Å². The van der Waals surface area contributed by atoms with E-state index in [0.717, 1.165) is 12.0 Å². The molecule has 1 aliphatic heterocycles. The number of halogens is 2. The van der Waals surface area contributed by atoms with Crippen LogP contribution in [0.3, 0.4) is 0 Å². The molecule has 0 aromatic heterocycles. The van der Waals surface area contributed by atoms with Crippen molar-refractivity contribution >= 4 is 5.91 Å². The summed E-state index contributed by atoms with van der Waals surface area (Å²) in [4.78, 5) is 14.1. The first kappa shape index (κ1) is 13.8. The molecule has 1 heterocycles. The van der Waals surface area contributed by atoms with Gasteiger partial charge in [0, 0.05) is 18.2 Å². The van der Waals surface area contributed by atoms with Crippen molar-refractivity contribution in [3.05, 3.63) is 29.3 Å². The normalized spacial score (nSPS) is 16.5. The van der Waals surface area contributed by atoms with Gasteiger partial charge in [-0.2, -0.15) is 8.78 Å². The molecule has 0 aliphatic carbocycles. The molecular formula is C14H17F2NO2. The third-order valence-corrected chi connectivity index (χ3v) is 3.54. The van der Waals surface area contributed by atoms with Crippen LogP contribution in [0.2, 0.25) is 0 Å². The highest BCUT2D eigenvalue weighted by atomic mass is 19.3. The lowest BCUT2D eigenvalue weighted by Gasteiger charge is -2.33. The molecule has 1 aromatic carbocycles. The Hall–Kier alpha value is -1.65. The lowest BCUT2D eigenvalue weighted by molar-refractivity contribution is -0.0498. The predicted octanol–water partition coefficient (Wildman–Crippen LogP) is 3.08. The Balaban J connectivity index is 2.23. The largest absolute Gasteiger partial charge is 0.435 e. The minimum atomic E-state index is -2.84. The van der Waals surface area contributed by atoms with Crippen molar-refractivity contribution in [3.8, 4) is 5.75 Å². The summed E-state index contributed by atoms with van der Waals surface area (Å²) in [6.07, 6.45) is 1.57. The fourth-order valence-electron chi connectivity index (χ4n) is 2.30. The van der Waals surface area contributed by atoms with E-state index in [-0.39, 0.29) is 17.7 Å². The van der Waals surface area contributed by atoms with Gasteiger partial charge < -0.3 is 9.64 Å². The number of hydrogen-bond acceptors (Lipinski definition) is 2. The van der Waals surface area contributed by atoms with E-state index in [2.05, 4.69) is 4.74 Å². The zero-order valence-corrected chi connectivity index (χ0v) is 11.0. The molecule has 1 aromatic rings. The van der Waals surface area contributed by atoms with Crippen molar-refractivity contribution in [3.63, 3.8) is 0 Å². The number of carbonyl (C=O) groups excluding carboxylic acids is 1. The Morgan fingerprint density at radius 1 is 1.42 bits per heavy atom. The topological polar surface area (TPSA) is 29.5 Å². The zero-order valence-electron chi connectivity index (χ0n) is 11.0. The second kappa shape index (κ2) is 5.55. The van der Waals surface area contributed by atoms with Crippen LogP contribution in [0.15, 0.2) is 18.2 Å². The molecule has 0 N–H and O–H groups in total. The highest BCUT2D eigenvalue weighted by molar-refractivity contribution is 5.97. The summed E-state index contributed by atoms with van der Waals surface area (Å²) >= 11 is 0. The van der Waals surface area contributed by atoms with E-state index in [1.807, 2.05) is 18.7 Å². The summed E-state index contributed by atoms with van der Waals surface area (Å²) in [7, 11) is 0. The van der Waals surface area contributed by atoms with Gasteiger partial charge in [0.2, 0.25) is 0 Å². The molecule has 3 nitrogen and oxygen atoms in total. The molecule has 0 bridgehead atoms. The molecule has 2 rings (SSSR count). The van der Waals surface area contributed by atoms with Crippen molar-refractivity contribution in [2.24, 2.45) is 0 Å². The molecule has 1 atom stereocenters. The third-order valence-electron chi connectivity index (χ3n) is 3.54. The molecule has 104 valence electrons. The van der Waals surface area contributed by atoms with Crippen LogP contribution in [0.4, 0.5) is 8.78 Å². The van der Waals surface area contributed by atoms with Crippen molar-refractivity contribution in [2.45, 2.75) is 39.3 Å². The van der Waals surface area contributed by atoms with Crippen LogP contribution in [0.5, 0.6) is 5.75 Å². The second-order valence-corrected chi connectivity index (χ2v) is 4.70. The van der Waals surface area contributed by atoms with Crippen LogP contribution >= 0.6 is 0 Å². The van der Waals surface area contributed by atoms with E-state index < -0.39 is 6.61 Å². The first-order valence-corrected chi connectivity index (χ1v) is 6.41. The van der Waals surface area contributed by atoms with Crippen LogP contribution in [-0.4, -0.2) is 30.0 Å². The average Bonchev–Trinajstić information content (AvgIpc) is 2.37. The number of ether oxygens (including phenoxy) is 1. The molecule has 0 saturated heterocycles. The Kier molecular flexibility index (Phi) is 4.02. The first-order chi connectivity index (χ1) is 9.02. The average molecular weight is 269 g/mol. The maximum absolute atomic E-state index is 12.3. The maximum Gasteiger partial charge on any atom is 0.387 e. The fourth-order valence-corrected chi connectivity index (χ4v) is 2.30. The lowest BCUT2D eigenvalue weighted by Crippen LogP contribution is -2.43. The maximum atomic E-state index is 12.3. The van der Waals surface area contributed by atoms with Gasteiger partial charge in [0.05, 0.1) is 0 Å². The molecule has 1 aliphatic rings. The SMILES string of the molecule is CCC(C)N1CCc2cc(OC(F)F)ccc2C1=O. The van der Waals surface area contributed by atoms with Crippen LogP contribution in [-0.2, 0) is 6.42 Å². The Labute approximate surface area is 111 Å². The van der Waals surface area contributed by atoms with Crippen molar-refractivity contribution in [1.29, 1.82) is 0 Å². The number of alkyl halides is 2. The quantitative estimate of drug-likeness (QED) is 0.840. The second-order valence-electron chi connectivity index (χ2n) is 4.70. The number of carbonyl (C=O) groups is 1. The molecule has 0 fully saturated rings. The summed E-state index contributed by atoms with van der Waals surface area (Å²) in [6, 6.07) is 4.72. The summed E-state index contributed by atoms with van der Waals surface area (Å²) in [5.41, 5.74) is 1.37. The van der Waals surface area contributed by atoms with Crippen LogP contribution in [0.25, 0.3) is 0 Å². The lowest BCUT2D eigenvalue weighted by atomic mass is 9.97. The minimum Gasteiger partial charge on any atom is -0.435 e. The number of rotatable bonds is 4. The van der Waals surface area contributed by atoms with Crippen LogP contribution in [0.1, 0.15) is 36.2 Å². The summed E-state index contributed by atoms with van der Waals surface area (Å²) in [6.45, 7) is 1.83. The van der Waals surface area contributed by atoms with Crippen molar-refractivity contribution in [1.82, 2.24) is 4.90 Å². The van der Waals surface area contributed by atoms with Crippen LogP contribution < -0.4 is 4.74 Å². The Morgan fingerprint density at radius 3 is 2.79 bits per heavy atom. The Bertz CT molecular complexity index is 477. The molecule has 0 spiro atoms. The summed E-state index contributed by atoms with van der Waals surface area (Å²) in [5.74, 6) is 0.0812. The molecule has 1 amide bonds. The van der Waals surface area contributed by atoms with Gasteiger partial charge in [0.25, 0.3) is 5.91 Å². The standard InChI is InChI=1S/C14H17F2NO2/c1-3-9(2)17-7-6-10-8-11(19-14(15)16)4-5-12(10)13(17)18/h4-5,8-9,14H,3,6-7H2,1-2H3. The molecule has 0 radical (unpaired) electrons. The van der Waals surface area contributed by atoms with Gasteiger partial charge in [0.15, 0.2) is 0 Å². The monoisotopic (exact) mass is 269 g/mol. The summed E-state index contributed by atoms with van der Waals surface area (Å²) < 4.78 is 28.6. The fraction of sp³-hybridized carbons (Fsp3) is 0.500. The minimum absolute atomic E-state index is 0.0285. The highest BCUT2D eigenvalue weighted by Crippen LogP contribution is 2.26. The van der Waals surface area contributed by atoms with Crippen molar-refractivity contribution in [2.75, 3.05) is 6.54 Å². The van der Waals surface area contributed by atoms with E-state index in [0.29, 0.717) is 18.5 Å². The van der Waals surface area contributed by atoms with Gasteiger partial charge >= 0.3 is 6.61 Å². The molecule has 1 unspecified atom stereocenters. The van der Waals surface area contributed by atoms with Gasteiger partial charge in [-0.25, -0.2) is 0 Å². The van der Waals surface area contributed by atoms with Crippen molar-refractivity contribution < 1.29 is 18.3 Å². The number of fused-ring (bicyclic) bond motifs is 1. The first-order valence-electron chi connectivity index (χ1n) is 6.41. The predicted molar refractivity (Wildman–Crippen MR) is 67.6 cm³/mol. The Morgan fingerprint density at radius 2 is 2.16 bits per heavy atom. The highest BCUT2D eigenvalue weighted by Gasteiger charge is 2.27. The van der Waals surface area contributed by atoms with E-state index in [1.54, 1.807) is 6.07 Å². The number of benzene rings is 1. The van der Waals surface area contributed by atoms with Gasteiger partial charge in [-0.05, 0) is 43.5 Å². The third kappa shape index (κ3) is 2.85. The summed E-state index contributed by atoms with van der Waals surface area (Å²) in [5, 5.41) is 0. The van der Waals surface area contributed by atoms with E-state index in [4.69, 9.17) is 0 Å². The molecular weight excluding hydrogens is 252 g/mol. The molecule has 19 heavy (non-hydrogen) atoms. The molecule has 5 heteroatoms. The molecule has 0 saturated carbocycles. The number of hydrogen-bond donors (Lipinski definition) is 0.